The van der Waals surface area contributed by atoms with Gasteiger partial charge in [-0.05, 0) is 50.7 Å². The molecule has 3 atom stereocenters. The zero-order valence-corrected chi connectivity index (χ0v) is 17.2. The molecule has 1 N–H and O–H groups in total. The smallest absolute Gasteiger partial charge is 0.475 e. The maximum atomic E-state index is 10.6. The number of ether oxygens (including phenoxy) is 2. The molecule has 1 saturated heterocycles. The summed E-state index contributed by atoms with van der Waals surface area (Å²) in [6.45, 7) is 5.65. The van der Waals surface area contributed by atoms with E-state index in [-0.39, 0.29) is 6.10 Å². The van der Waals surface area contributed by atoms with Crippen LogP contribution in [0.5, 0.6) is 0 Å². The van der Waals surface area contributed by atoms with Crippen molar-refractivity contribution in [3.63, 3.8) is 0 Å². The van der Waals surface area contributed by atoms with Gasteiger partial charge in [0.25, 0.3) is 0 Å². The van der Waals surface area contributed by atoms with Crippen molar-refractivity contribution in [2.24, 2.45) is 5.92 Å². The molecule has 9 heteroatoms. The van der Waals surface area contributed by atoms with Crippen LogP contribution in [0.25, 0.3) is 0 Å². The Kier molecular flexibility index (Phi) is 7.81. The Labute approximate surface area is 174 Å². The molecule has 1 aliphatic heterocycles. The number of carboxylic acids is 1. The maximum Gasteiger partial charge on any atom is 0.490 e. The zero-order valence-electron chi connectivity index (χ0n) is 17.2. The third-order valence-electron chi connectivity index (χ3n) is 6.07. The van der Waals surface area contributed by atoms with E-state index in [1.807, 2.05) is 6.92 Å². The van der Waals surface area contributed by atoms with Crippen LogP contribution < -0.4 is 0 Å². The van der Waals surface area contributed by atoms with Crippen molar-refractivity contribution < 1.29 is 37.0 Å². The fourth-order valence-corrected chi connectivity index (χ4v) is 4.57. The van der Waals surface area contributed by atoms with Gasteiger partial charge in [0.05, 0.1) is 25.4 Å². The van der Waals surface area contributed by atoms with Gasteiger partial charge in [0.1, 0.15) is 11.5 Å². The fraction of sp³-hybridized carbons (Fsp3) is 0.762. The molecule has 2 saturated carbocycles. The van der Waals surface area contributed by atoms with E-state index in [2.05, 4.69) is 17.0 Å². The Hall–Kier alpha value is -1.58. The predicted molar refractivity (Wildman–Crippen MR) is 102 cm³/mol. The summed E-state index contributed by atoms with van der Waals surface area (Å²) in [5.41, 5.74) is 0. The predicted octanol–water partition coefficient (Wildman–Crippen LogP) is 4.16. The highest BCUT2D eigenvalue weighted by atomic mass is 19.4. The Balaban J connectivity index is 0.000000318. The largest absolute Gasteiger partial charge is 0.490 e. The van der Waals surface area contributed by atoms with E-state index in [0.717, 1.165) is 50.2 Å². The first-order valence-electron chi connectivity index (χ1n) is 10.6. The van der Waals surface area contributed by atoms with Gasteiger partial charge < -0.3 is 19.0 Å². The molecule has 0 aromatic carbocycles. The van der Waals surface area contributed by atoms with Crippen LogP contribution in [0, 0.1) is 12.8 Å². The molecule has 1 aromatic rings. The van der Waals surface area contributed by atoms with Gasteiger partial charge in [-0.3, -0.25) is 4.90 Å². The molecular formula is C21H30F3NO5. The van der Waals surface area contributed by atoms with E-state index in [1.165, 1.54) is 32.1 Å². The molecule has 30 heavy (non-hydrogen) atoms. The van der Waals surface area contributed by atoms with Crippen LogP contribution in [0.15, 0.2) is 16.5 Å². The first-order valence-corrected chi connectivity index (χ1v) is 10.6. The Bertz CT molecular complexity index is 686. The van der Waals surface area contributed by atoms with E-state index in [1.54, 1.807) is 0 Å². The summed E-state index contributed by atoms with van der Waals surface area (Å²) in [7, 11) is 0. The molecule has 4 rings (SSSR count). The molecule has 0 radical (unpaired) electrons. The van der Waals surface area contributed by atoms with Crippen LogP contribution in [0.2, 0.25) is 0 Å². The number of aryl methyl sites for hydroxylation is 1. The first-order chi connectivity index (χ1) is 14.2. The van der Waals surface area contributed by atoms with Gasteiger partial charge in [0.15, 0.2) is 0 Å². The summed E-state index contributed by atoms with van der Waals surface area (Å²) >= 11 is 0. The van der Waals surface area contributed by atoms with Gasteiger partial charge in [0, 0.05) is 19.2 Å². The number of alkyl halides is 3. The van der Waals surface area contributed by atoms with E-state index in [9.17, 15) is 13.2 Å². The van der Waals surface area contributed by atoms with Gasteiger partial charge in [-0.2, -0.15) is 13.2 Å². The lowest BCUT2D eigenvalue weighted by atomic mass is 10.1. The molecule has 0 spiro atoms. The molecule has 2 heterocycles. The molecule has 0 unspecified atom stereocenters. The fourth-order valence-electron chi connectivity index (χ4n) is 4.57. The van der Waals surface area contributed by atoms with Gasteiger partial charge in [-0.25, -0.2) is 4.79 Å². The number of hydrogen-bond donors (Lipinski definition) is 1. The summed E-state index contributed by atoms with van der Waals surface area (Å²) in [6.07, 6.45) is 3.25. The van der Waals surface area contributed by atoms with Gasteiger partial charge in [-0.1, -0.05) is 12.8 Å². The highest BCUT2D eigenvalue weighted by molar-refractivity contribution is 5.73. The highest BCUT2D eigenvalue weighted by Gasteiger charge is 2.43. The quantitative estimate of drug-likeness (QED) is 0.752. The molecule has 3 fully saturated rings. The summed E-state index contributed by atoms with van der Waals surface area (Å²) in [5.74, 6) is 0.0971. The van der Waals surface area contributed by atoms with Gasteiger partial charge in [-0.15, -0.1) is 0 Å². The second-order valence-corrected chi connectivity index (χ2v) is 8.29. The van der Waals surface area contributed by atoms with Crippen molar-refractivity contribution in [3.8, 4) is 0 Å². The lowest BCUT2D eigenvalue weighted by molar-refractivity contribution is -0.192. The second-order valence-electron chi connectivity index (χ2n) is 8.29. The third kappa shape index (κ3) is 6.21. The molecule has 0 bridgehead atoms. The van der Waals surface area contributed by atoms with Crippen LogP contribution in [0.3, 0.4) is 0 Å². The molecule has 170 valence electrons. The number of carbonyl (C=O) groups is 1. The molecular weight excluding hydrogens is 403 g/mol. The molecule has 0 amide bonds. The van der Waals surface area contributed by atoms with E-state index >= 15 is 0 Å². The number of carboxylic acid groups (broad SMARTS) is 1. The number of morpholine rings is 1. The summed E-state index contributed by atoms with van der Waals surface area (Å²) in [6, 6.07) is 4.64. The van der Waals surface area contributed by atoms with E-state index in [0.29, 0.717) is 12.1 Å². The second kappa shape index (κ2) is 10.2. The monoisotopic (exact) mass is 433 g/mol. The Morgan fingerprint density at radius 1 is 1.23 bits per heavy atom. The van der Waals surface area contributed by atoms with Gasteiger partial charge in [0.2, 0.25) is 0 Å². The molecule has 6 nitrogen and oxygen atoms in total. The third-order valence-corrected chi connectivity index (χ3v) is 6.07. The maximum absolute atomic E-state index is 10.6. The minimum absolute atomic E-state index is 0.251. The van der Waals surface area contributed by atoms with Crippen LogP contribution in [-0.2, 0) is 20.8 Å². The number of halogens is 3. The van der Waals surface area contributed by atoms with Crippen molar-refractivity contribution >= 4 is 5.97 Å². The summed E-state index contributed by atoms with van der Waals surface area (Å²) < 4.78 is 49.9. The lowest BCUT2D eigenvalue weighted by Crippen LogP contribution is -2.51. The summed E-state index contributed by atoms with van der Waals surface area (Å²) in [4.78, 5) is 11.4. The van der Waals surface area contributed by atoms with Crippen molar-refractivity contribution in [2.45, 2.75) is 76.4 Å². The topological polar surface area (TPSA) is 72.1 Å². The standard InChI is InChI=1S/C19H29NO3.C2HF3O2/c1-14-6-7-16(23-14)12-20-10-11-21-19-17(20)8-9-18(19)22-13-15-4-2-3-5-15;3-2(4,5)1(6)7/h6-7,15,17-19H,2-5,8-13H2,1H3;(H,6,7)/t17-,18+,19+;/m0./s1. The number of hydrogen-bond acceptors (Lipinski definition) is 5. The lowest BCUT2D eigenvalue weighted by Gasteiger charge is -2.38. The van der Waals surface area contributed by atoms with Crippen molar-refractivity contribution in [3.05, 3.63) is 23.7 Å². The van der Waals surface area contributed by atoms with Crippen LogP contribution in [-0.4, -0.2) is 60.2 Å². The summed E-state index contributed by atoms with van der Waals surface area (Å²) in [5, 5.41) is 7.12. The highest BCUT2D eigenvalue weighted by Crippen LogP contribution is 2.34. The number of fused-ring (bicyclic) bond motifs is 1. The van der Waals surface area contributed by atoms with Crippen LogP contribution in [0.4, 0.5) is 13.2 Å². The number of aliphatic carboxylic acids is 1. The normalized spacial score (nSPS) is 27.5. The minimum atomic E-state index is -5.08. The average Bonchev–Trinajstić information content (AvgIpc) is 3.41. The molecule has 3 aliphatic rings. The van der Waals surface area contributed by atoms with Crippen molar-refractivity contribution in [1.29, 1.82) is 0 Å². The number of nitrogens with zero attached hydrogens (tertiary/aromatic N) is 1. The van der Waals surface area contributed by atoms with Crippen molar-refractivity contribution in [2.75, 3.05) is 19.8 Å². The zero-order chi connectivity index (χ0) is 21.7. The Morgan fingerprint density at radius 3 is 2.53 bits per heavy atom. The van der Waals surface area contributed by atoms with Crippen LogP contribution >= 0.6 is 0 Å². The number of rotatable bonds is 5. The average molecular weight is 433 g/mol. The van der Waals surface area contributed by atoms with Gasteiger partial charge >= 0.3 is 12.1 Å². The van der Waals surface area contributed by atoms with Crippen LogP contribution in [0.1, 0.15) is 50.0 Å². The minimum Gasteiger partial charge on any atom is -0.475 e. The first kappa shape index (κ1) is 23.1. The molecule has 2 aliphatic carbocycles. The van der Waals surface area contributed by atoms with E-state index < -0.39 is 12.1 Å². The van der Waals surface area contributed by atoms with Crippen molar-refractivity contribution in [1.82, 2.24) is 4.90 Å². The Morgan fingerprint density at radius 2 is 1.93 bits per heavy atom. The number of furan rings is 1. The molecule has 1 aromatic heterocycles. The van der Waals surface area contributed by atoms with E-state index in [4.69, 9.17) is 23.8 Å². The SMILES string of the molecule is Cc1ccc(CN2CCO[C@H]3[C@H](OCC4CCCC4)CC[C@@H]32)o1.O=C(O)C(F)(F)F.